The highest BCUT2D eigenvalue weighted by atomic mass is 16.3. The summed E-state index contributed by atoms with van der Waals surface area (Å²) in [6.07, 6.45) is 2.00. The molecule has 0 aliphatic heterocycles. The van der Waals surface area contributed by atoms with Gasteiger partial charge in [-0.1, -0.05) is 12.1 Å². The number of benzene rings is 1. The molecule has 98 valence electrons. The topological polar surface area (TPSA) is 52.6 Å². The highest BCUT2D eigenvalue weighted by molar-refractivity contribution is 5.99. The molecule has 1 aromatic rings. The van der Waals surface area contributed by atoms with Gasteiger partial charge in [-0.25, -0.2) is 0 Å². The lowest BCUT2D eigenvalue weighted by Crippen LogP contribution is -2.32. The fourth-order valence-electron chi connectivity index (χ4n) is 1.99. The van der Waals surface area contributed by atoms with E-state index >= 15 is 0 Å². The van der Waals surface area contributed by atoms with E-state index < -0.39 is 0 Å². The van der Waals surface area contributed by atoms with Crippen molar-refractivity contribution in [1.82, 2.24) is 5.32 Å². The third-order valence-corrected chi connectivity index (χ3v) is 3.55. The first-order valence-electron chi connectivity index (χ1n) is 6.23. The summed E-state index contributed by atoms with van der Waals surface area (Å²) in [6, 6.07) is 7.53. The molecule has 0 saturated heterocycles. The van der Waals surface area contributed by atoms with Crippen molar-refractivity contribution in [3.05, 3.63) is 29.8 Å². The normalized spacial score (nSPS) is 16.2. The number of hydrogen-bond acceptors (Lipinski definition) is 3. The highest BCUT2D eigenvalue weighted by Gasteiger charge is 2.42. The molecule has 0 unspecified atom stereocenters. The second-order valence-corrected chi connectivity index (χ2v) is 5.25. The van der Waals surface area contributed by atoms with E-state index in [-0.39, 0.29) is 17.9 Å². The zero-order chi connectivity index (χ0) is 13.2. The fraction of sp³-hybridized carbons (Fsp3) is 0.500. The molecule has 1 saturated carbocycles. The molecule has 4 nitrogen and oxygen atoms in total. The van der Waals surface area contributed by atoms with E-state index in [2.05, 4.69) is 5.32 Å². The summed E-state index contributed by atoms with van der Waals surface area (Å²) < 4.78 is 0. The summed E-state index contributed by atoms with van der Waals surface area (Å²) in [6.45, 7) is 0.715. The molecule has 0 atom stereocenters. The molecule has 0 bridgehead atoms. The van der Waals surface area contributed by atoms with Gasteiger partial charge in [-0.2, -0.15) is 0 Å². The number of carbonyl (C=O) groups is 1. The maximum Gasteiger partial charge on any atom is 0.253 e. The Morgan fingerprint density at radius 2 is 2.06 bits per heavy atom. The highest BCUT2D eigenvalue weighted by Crippen LogP contribution is 2.44. The number of anilines is 1. The van der Waals surface area contributed by atoms with Gasteiger partial charge in [-0.3, -0.25) is 4.79 Å². The van der Waals surface area contributed by atoms with Gasteiger partial charge < -0.3 is 15.3 Å². The summed E-state index contributed by atoms with van der Waals surface area (Å²) in [7, 11) is 3.84. The number of aliphatic hydroxyl groups is 1. The zero-order valence-corrected chi connectivity index (χ0v) is 10.9. The van der Waals surface area contributed by atoms with Crippen LogP contribution in [0.25, 0.3) is 0 Å². The van der Waals surface area contributed by atoms with Crippen molar-refractivity contribution in [2.45, 2.75) is 12.8 Å². The SMILES string of the molecule is CN(C)c1ccccc1C(=O)NCC1(CO)CC1. The van der Waals surface area contributed by atoms with Crippen molar-refractivity contribution in [1.29, 1.82) is 0 Å². The first-order chi connectivity index (χ1) is 8.58. The first kappa shape index (κ1) is 12.9. The lowest BCUT2D eigenvalue weighted by Gasteiger charge is -2.18. The Bertz CT molecular complexity index is 439. The van der Waals surface area contributed by atoms with Gasteiger partial charge in [-0.15, -0.1) is 0 Å². The maximum absolute atomic E-state index is 12.1. The molecule has 18 heavy (non-hydrogen) atoms. The van der Waals surface area contributed by atoms with Crippen LogP contribution in [0.1, 0.15) is 23.2 Å². The van der Waals surface area contributed by atoms with Crippen molar-refractivity contribution in [2.24, 2.45) is 5.41 Å². The van der Waals surface area contributed by atoms with Crippen molar-refractivity contribution in [2.75, 3.05) is 32.1 Å². The lowest BCUT2D eigenvalue weighted by atomic mass is 10.1. The van der Waals surface area contributed by atoms with Crippen molar-refractivity contribution in [3.63, 3.8) is 0 Å². The molecule has 4 heteroatoms. The molecule has 0 aromatic heterocycles. The van der Waals surface area contributed by atoms with E-state index in [9.17, 15) is 9.90 Å². The molecule has 0 spiro atoms. The van der Waals surface area contributed by atoms with Crippen LogP contribution in [0.4, 0.5) is 5.69 Å². The lowest BCUT2D eigenvalue weighted by molar-refractivity contribution is 0.0936. The van der Waals surface area contributed by atoms with E-state index in [1.165, 1.54) is 0 Å². The molecule has 2 rings (SSSR count). The maximum atomic E-state index is 12.1. The summed E-state index contributed by atoms with van der Waals surface area (Å²) in [5.74, 6) is -0.0703. The average molecular weight is 248 g/mol. The van der Waals surface area contributed by atoms with Crippen LogP contribution in [0.5, 0.6) is 0 Å². The van der Waals surface area contributed by atoms with Gasteiger partial charge in [-0.05, 0) is 25.0 Å². The molecule has 0 heterocycles. The van der Waals surface area contributed by atoms with Gasteiger partial charge in [0.05, 0.1) is 12.2 Å². The van der Waals surface area contributed by atoms with Gasteiger partial charge in [0, 0.05) is 31.7 Å². The quantitative estimate of drug-likeness (QED) is 0.824. The summed E-state index contributed by atoms with van der Waals surface area (Å²) in [5, 5.41) is 12.1. The number of rotatable bonds is 5. The van der Waals surface area contributed by atoms with E-state index in [0.29, 0.717) is 12.1 Å². The van der Waals surface area contributed by atoms with Crippen LogP contribution in [0.15, 0.2) is 24.3 Å². The third kappa shape index (κ3) is 2.64. The summed E-state index contributed by atoms with van der Waals surface area (Å²) in [4.78, 5) is 14.1. The number of carbonyl (C=O) groups excluding carboxylic acids is 1. The zero-order valence-electron chi connectivity index (χ0n) is 10.9. The Morgan fingerprint density at radius 1 is 1.39 bits per heavy atom. The van der Waals surface area contributed by atoms with Crippen LogP contribution in [-0.2, 0) is 0 Å². The fourth-order valence-corrected chi connectivity index (χ4v) is 1.99. The molecular weight excluding hydrogens is 228 g/mol. The monoisotopic (exact) mass is 248 g/mol. The average Bonchev–Trinajstić information content (AvgIpc) is 3.16. The molecule has 0 radical (unpaired) electrons. The summed E-state index contributed by atoms with van der Waals surface area (Å²) in [5.41, 5.74) is 1.53. The number of nitrogens with zero attached hydrogens (tertiary/aromatic N) is 1. The van der Waals surface area contributed by atoms with Crippen LogP contribution in [0.2, 0.25) is 0 Å². The second-order valence-electron chi connectivity index (χ2n) is 5.25. The molecule has 1 amide bonds. The summed E-state index contributed by atoms with van der Waals surface area (Å²) >= 11 is 0. The van der Waals surface area contributed by atoms with E-state index in [1.807, 2.05) is 43.3 Å². The molecule has 1 fully saturated rings. The minimum atomic E-state index is -0.0703. The largest absolute Gasteiger partial charge is 0.396 e. The van der Waals surface area contributed by atoms with Crippen LogP contribution in [0.3, 0.4) is 0 Å². The van der Waals surface area contributed by atoms with Crippen LogP contribution < -0.4 is 10.2 Å². The molecule has 2 N–H and O–H groups in total. The second kappa shape index (κ2) is 4.98. The van der Waals surface area contributed by atoms with Crippen LogP contribution in [-0.4, -0.2) is 38.3 Å². The van der Waals surface area contributed by atoms with Gasteiger partial charge >= 0.3 is 0 Å². The standard InChI is InChI=1S/C14H20N2O2/c1-16(2)12-6-4-3-5-11(12)13(18)15-9-14(10-17)7-8-14/h3-6,17H,7-10H2,1-2H3,(H,15,18). The van der Waals surface area contributed by atoms with Gasteiger partial charge in [0.25, 0.3) is 5.91 Å². The predicted molar refractivity (Wildman–Crippen MR) is 71.9 cm³/mol. The molecule has 1 aliphatic rings. The van der Waals surface area contributed by atoms with Crippen molar-refractivity contribution < 1.29 is 9.90 Å². The van der Waals surface area contributed by atoms with Crippen molar-refractivity contribution in [3.8, 4) is 0 Å². The van der Waals surface area contributed by atoms with Gasteiger partial charge in [0.1, 0.15) is 0 Å². The number of nitrogens with one attached hydrogen (secondary N) is 1. The van der Waals surface area contributed by atoms with Gasteiger partial charge in [0.2, 0.25) is 0 Å². The number of amides is 1. The molecule has 1 aromatic carbocycles. The van der Waals surface area contributed by atoms with E-state index in [4.69, 9.17) is 0 Å². The first-order valence-corrected chi connectivity index (χ1v) is 6.23. The predicted octanol–water partition coefficient (Wildman–Crippen LogP) is 1.25. The van der Waals surface area contributed by atoms with E-state index in [0.717, 1.165) is 18.5 Å². The third-order valence-electron chi connectivity index (χ3n) is 3.55. The smallest absolute Gasteiger partial charge is 0.253 e. The Balaban J connectivity index is 2.05. The minimum Gasteiger partial charge on any atom is -0.396 e. The molecular formula is C14H20N2O2. The Morgan fingerprint density at radius 3 is 2.61 bits per heavy atom. The number of para-hydroxylation sites is 1. The van der Waals surface area contributed by atoms with Crippen molar-refractivity contribution >= 4 is 11.6 Å². The van der Waals surface area contributed by atoms with Gasteiger partial charge in [0.15, 0.2) is 0 Å². The Kier molecular flexibility index (Phi) is 3.57. The molecule has 1 aliphatic carbocycles. The van der Waals surface area contributed by atoms with E-state index in [1.54, 1.807) is 0 Å². The number of hydrogen-bond donors (Lipinski definition) is 2. The van der Waals surface area contributed by atoms with Crippen LogP contribution in [0, 0.1) is 5.41 Å². The van der Waals surface area contributed by atoms with Crippen LogP contribution >= 0.6 is 0 Å². The Hall–Kier alpha value is -1.55. The Labute approximate surface area is 108 Å². The number of aliphatic hydroxyl groups excluding tert-OH is 1. The minimum absolute atomic E-state index is 0.0529.